The van der Waals surface area contributed by atoms with E-state index in [0.29, 0.717) is 35.6 Å². The average Bonchev–Trinajstić information content (AvgIpc) is 3.28. The predicted molar refractivity (Wildman–Crippen MR) is 159 cm³/mol. The number of nitrogens with zero attached hydrogens (tertiary/aromatic N) is 3. The smallest absolute Gasteiger partial charge is 0.477 e. The van der Waals surface area contributed by atoms with Crippen molar-refractivity contribution < 1.29 is 27.6 Å². The van der Waals surface area contributed by atoms with Crippen LogP contribution >= 0.6 is 7.82 Å². The van der Waals surface area contributed by atoms with Gasteiger partial charge in [-0.15, -0.1) is 0 Å². The molecule has 4 rings (SSSR count). The van der Waals surface area contributed by atoms with Crippen LogP contribution in [-0.4, -0.2) is 45.6 Å². The molecule has 41 heavy (non-hydrogen) atoms. The van der Waals surface area contributed by atoms with Crippen molar-refractivity contribution in [2.24, 2.45) is 0 Å². The lowest BCUT2D eigenvalue weighted by Crippen LogP contribution is -2.27. The highest BCUT2D eigenvalue weighted by Gasteiger charge is 2.37. The highest BCUT2D eigenvalue weighted by molar-refractivity contribution is 7.48. The van der Waals surface area contributed by atoms with Crippen molar-refractivity contribution in [2.45, 2.75) is 59.5 Å². The maximum Gasteiger partial charge on any atom is 0.477 e. The maximum atomic E-state index is 13.9. The molecule has 0 aliphatic carbocycles. The van der Waals surface area contributed by atoms with Gasteiger partial charge in [0.1, 0.15) is 25.4 Å². The number of hydrogen-bond donors (Lipinski definition) is 0. The molecule has 0 N–H and O–H groups in total. The zero-order valence-corrected chi connectivity index (χ0v) is 25.5. The van der Waals surface area contributed by atoms with Gasteiger partial charge in [-0.25, -0.2) is 9.55 Å². The van der Waals surface area contributed by atoms with Crippen molar-refractivity contribution in [1.29, 1.82) is 0 Å². The van der Waals surface area contributed by atoms with E-state index in [9.17, 15) is 9.36 Å². The number of fused-ring (bicyclic) bond motifs is 1. The molecular weight excluding hydrogens is 545 g/mol. The molecule has 2 aromatic heterocycles. The number of para-hydroxylation sites is 1. The molecule has 0 atom stereocenters. The average molecular weight is 584 g/mol. The number of hydrogen-bond acceptors (Lipinski definition) is 8. The van der Waals surface area contributed by atoms with Gasteiger partial charge < -0.3 is 14.0 Å². The Bertz CT molecular complexity index is 1550. The Morgan fingerprint density at radius 3 is 2.10 bits per heavy atom. The largest absolute Gasteiger partial charge is 0.491 e. The lowest BCUT2D eigenvalue weighted by Gasteiger charge is -2.30. The summed E-state index contributed by atoms with van der Waals surface area (Å²) in [4.78, 5) is 18.5. The molecule has 0 saturated carbocycles. The molecule has 0 bridgehead atoms. The van der Waals surface area contributed by atoms with Crippen molar-refractivity contribution in [3.05, 3.63) is 77.5 Å². The zero-order valence-electron chi connectivity index (χ0n) is 24.6. The molecule has 0 radical (unpaired) electrons. The van der Waals surface area contributed by atoms with Crippen molar-refractivity contribution in [1.82, 2.24) is 14.1 Å². The Balaban J connectivity index is 1.76. The van der Waals surface area contributed by atoms with Crippen molar-refractivity contribution in [3.8, 4) is 22.6 Å². The molecule has 0 unspecified atom stereocenters. The Kier molecular flexibility index (Phi) is 9.21. The maximum absolute atomic E-state index is 13.9. The van der Waals surface area contributed by atoms with Gasteiger partial charge in [0.15, 0.2) is 5.65 Å². The van der Waals surface area contributed by atoms with Crippen LogP contribution in [0, 0.1) is 0 Å². The molecule has 4 aromatic rings. The van der Waals surface area contributed by atoms with E-state index in [1.165, 1.54) is 10.9 Å². The topological polar surface area (TPSA) is 103 Å². The second kappa shape index (κ2) is 12.3. The van der Waals surface area contributed by atoms with Crippen LogP contribution in [0.25, 0.3) is 27.8 Å². The summed E-state index contributed by atoms with van der Waals surface area (Å²) in [7, 11) is -2.43. The fourth-order valence-corrected chi connectivity index (χ4v) is 5.85. The first-order chi connectivity index (χ1) is 19.3. The normalized spacial score (nSPS) is 12.7. The molecule has 220 valence electrons. The second-order valence-corrected chi connectivity index (χ2v) is 13.0. The minimum Gasteiger partial charge on any atom is -0.491 e. The van der Waals surface area contributed by atoms with Crippen LogP contribution in [-0.2, 0) is 29.6 Å². The van der Waals surface area contributed by atoms with E-state index in [2.05, 4.69) is 4.98 Å². The van der Waals surface area contributed by atoms with Crippen LogP contribution in [0.2, 0.25) is 0 Å². The lowest BCUT2D eigenvalue weighted by atomic mass is 10.1. The van der Waals surface area contributed by atoms with Gasteiger partial charge in [-0.05, 0) is 71.4 Å². The number of phosphoric acid groups is 1. The summed E-state index contributed by atoms with van der Waals surface area (Å²) in [6.07, 6.45) is 3.26. The van der Waals surface area contributed by atoms with Crippen LogP contribution in [0.4, 0.5) is 0 Å². The molecule has 0 amide bonds. The molecule has 0 aliphatic heterocycles. The van der Waals surface area contributed by atoms with Crippen LogP contribution in [0.15, 0.2) is 71.9 Å². The van der Waals surface area contributed by atoms with Gasteiger partial charge in [-0.3, -0.25) is 22.9 Å². The standard InChI is InChI=1S/C30H38N3O7P/c1-29(2,3)39-41(35,40-30(4,5)6)38-21-32-20-31-27-26(28(32)34)25(19-33(27)23-11-9-8-10-12-23)22-13-15-24(16-14-22)37-18-17-36-7/h8-16,19-20H,17-18,21H2,1-7H3. The summed E-state index contributed by atoms with van der Waals surface area (Å²) >= 11 is 0. The van der Waals surface area contributed by atoms with Crippen molar-refractivity contribution in [2.75, 3.05) is 20.3 Å². The van der Waals surface area contributed by atoms with Crippen molar-refractivity contribution in [3.63, 3.8) is 0 Å². The van der Waals surface area contributed by atoms with Gasteiger partial charge >= 0.3 is 7.82 Å². The van der Waals surface area contributed by atoms with Crippen molar-refractivity contribution >= 4 is 18.9 Å². The summed E-state index contributed by atoms with van der Waals surface area (Å²) in [6, 6.07) is 17.1. The number of methoxy groups -OCH3 is 1. The second-order valence-electron chi connectivity index (χ2n) is 11.4. The van der Waals surface area contributed by atoms with Crippen LogP contribution < -0.4 is 10.3 Å². The number of ether oxygens (including phenoxy) is 2. The highest BCUT2D eigenvalue weighted by atomic mass is 31.2. The summed E-state index contributed by atoms with van der Waals surface area (Å²) in [5.74, 6) is 0.690. The van der Waals surface area contributed by atoms with E-state index in [4.69, 9.17) is 23.0 Å². The van der Waals surface area contributed by atoms with Gasteiger partial charge in [0, 0.05) is 24.6 Å². The summed E-state index contributed by atoms with van der Waals surface area (Å²) in [6.45, 7) is 11.0. The van der Waals surface area contributed by atoms with E-state index in [1.54, 1.807) is 48.7 Å². The SMILES string of the molecule is COCCOc1ccc(-c2cn(-c3ccccc3)c3ncn(COP(=O)(OC(C)(C)C)OC(C)(C)C)c(=O)c23)cc1. The van der Waals surface area contributed by atoms with Crippen LogP contribution in [0.5, 0.6) is 5.75 Å². The van der Waals surface area contributed by atoms with Gasteiger partial charge in [0.05, 0.1) is 23.2 Å². The molecule has 2 aromatic carbocycles. The fourth-order valence-electron chi connectivity index (χ4n) is 4.10. The van der Waals surface area contributed by atoms with Gasteiger partial charge in [-0.1, -0.05) is 30.3 Å². The van der Waals surface area contributed by atoms with E-state index in [-0.39, 0.29) is 12.3 Å². The van der Waals surface area contributed by atoms with E-state index >= 15 is 0 Å². The number of phosphoric ester groups is 1. The summed E-state index contributed by atoms with van der Waals surface area (Å²) < 4.78 is 44.6. The summed E-state index contributed by atoms with van der Waals surface area (Å²) in [5, 5.41) is 0.385. The minimum atomic E-state index is -4.05. The number of benzene rings is 2. The predicted octanol–water partition coefficient (Wildman–Crippen LogP) is 6.59. The summed E-state index contributed by atoms with van der Waals surface area (Å²) in [5.41, 5.74) is 0.830. The molecule has 0 saturated heterocycles. The Morgan fingerprint density at radius 1 is 0.878 bits per heavy atom. The Morgan fingerprint density at radius 2 is 1.51 bits per heavy atom. The monoisotopic (exact) mass is 583 g/mol. The third-order valence-corrected chi connectivity index (χ3v) is 7.63. The minimum absolute atomic E-state index is 0.363. The zero-order chi connectivity index (χ0) is 29.8. The molecule has 0 fully saturated rings. The van der Waals surface area contributed by atoms with Gasteiger partial charge in [0.25, 0.3) is 5.56 Å². The highest BCUT2D eigenvalue weighted by Crippen LogP contribution is 2.55. The first-order valence-electron chi connectivity index (χ1n) is 13.3. The molecule has 2 heterocycles. The van der Waals surface area contributed by atoms with Crippen LogP contribution in [0.3, 0.4) is 0 Å². The van der Waals surface area contributed by atoms with Gasteiger partial charge in [0.2, 0.25) is 0 Å². The quantitative estimate of drug-likeness (QED) is 0.144. The number of aromatic nitrogens is 3. The third-order valence-electron chi connectivity index (χ3n) is 5.66. The Hall–Kier alpha value is -3.27. The van der Waals surface area contributed by atoms with E-state index < -0.39 is 19.0 Å². The van der Waals surface area contributed by atoms with Crippen LogP contribution in [0.1, 0.15) is 41.5 Å². The van der Waals surface area contributed by atoms with Gasteiger partial charge in [-0.2, -0.15) is 0 Å². The lowest BCUT2D eigenvalue weighted by molar-refractivity contribution is -0.00655. The first kappa shape index (κ1) is 30.7. The van der Waals surface area contributed by atoms with E-state index in [0.717, 1.165) is 11.3 Å². The fraction of sp³-hybridized carbons (Fsp3) is 0.400. The van der Waals surface area contributed by atoms with E-state index in [1.807, 2.05) is 65.4 Å². The molecule has 0 spiro atoms. The first-order valence-corrected chi connectivity index (χ1v) is 14.8. The molecular formula is C30H38N3O7P. The number of rotatable bonds is 11. The molecule has 10 nitrogen and oxygen atoms in total. The molecule has 0 aliphatic rings. The Labute approximate surface area is 240 Å². The third kappa shape index (κ3) is 7.93. The molecule has 11 heteroatoms.